The molecule has 0 fully saturated rings. The highest BCUT2D eigenvalue weighted by Gasteiger charge is 2.13. The third-order valence-corrected chi connectivity index (χ3v) is 12.1. The fourth-order valence-electron chi connectivity index (χ4n) is 3.78. The largest absolute Gasteiger partial charge is 0.462 e. The number of ether oxygens (including phenoxy) is 4. The summed E-state index contributed by atoms with van der Waals surface area (Å²) in [7, 11) is 0. The van der Waals surface area contributed by atoms with Gasteiger partial charge in [0.25, 0.3) is 10.5 Å². The Kier molecular flexibility index (Phi) is 30.5. The summed E-state index contributed by atoms with van der Waals surface area (Å²) >= 11 is 11.9. The van der Waals surface area contributed by atoms with Crippen LogP contribution in [0.1, 0.15) is 20.8 Å². The fourth-order valence-corrected chi connectivity index (χ4v) is 7.66. The van der Waals surface area contributed by atoms with Gasteiger partial charge in [-0.3, -0.25) is 14.4 Å². The molecule has 0 bridgehead atoms. The van der Waals surface area contributed by atoms with Gasteiger partial charge in [-0.15, -0.1) is 23.5 Å². The van der Waals surface area contributed by atoms with Crippen molar-refractivity contribution in [1.82, 2.24) is 10.6 Å². The number of carbonyl (C=O) groups excluding carboxylic acids is 7. The van der Waals surface area contributed by atoms with E-state index in [1.165, 1.54) is 13.8 Å². The summed E-state index contributed by atoms with van der Waals surface area (Å²) in [5, 5.41) is 5.21. The van der Waals surface area contributed by atoms with Crippen molar-refractivity contribution in [2.75, 3.05) is 51.0 Å². The third-order valence-electron chi connectivity index (χ3n) is 6.88. The molecule has 2 N–H and O–H groups in total. The normalized spacial score (nSPS) is 9.85. The number of thioether (sulfide) groups is 5. The van der Waals surface area contributed by atoms with E-state index >= 15 is 0 Å². The van der Waals surface area contributed by atoms with Gasteiger partial charge in [0.15, 0.2) is 0 Å². The molecule has 0 saturated heterocycles. The van der Waals surface area contributed by atoms with Crippen molar-refractivity contribution < 1.29 is 52.5 Å². The van der Waals surface area contributed by atoms with Crippen LogP contribution in [0.4, 0.5) is 9.59 Å². The molecular formula is C46H51ClN2O11S5. The first-order valence-electron chi connectivity index (χ1n) is 19.2. The van der Waals surface area contributed by atoms with E-state index in [0.717, 1.165) is 62.1 Å². The van der Waals surface area contributed by atoms with Crippen LogP contribution in [0.25, 0.3) is 0 Å². The summed E-state index contributed by atoms with van der Waals surface area (Å²) in [6.07, 6.45) is 2.31. The number of esters is 4. The molecule has 3 rings (SSSR count). The Hall–Kier alpha value is -5.11. The van der Waals surface area contributed by atoms with Crippen molar-refractivity contribution in [3.05, 3.63) is 140 Å². The molecule has 3 aromatic rings. The van der Waals surface area contributed by atoms with Gasteiger partial charge in [-0.05, 0) is 122 Å². The van der Waals surface area contributed by atoms with Crippen LogP contribution in [0.3, 0.4) is 0 Å². The van der Waals surface area contributed by atoms with Gasteiger partial charge in [-0.1, -0.05) is 56.6 Å². The maximum absolute atomic E-state index is 12.1. The molecule has 0 saturated carbocycles. The lowest BCUT2D eigenvalue weighted by Gasteiger charge is -2.10. The van der Waals surface area contributed by atoms with Crippen molar-refractivity contribution in [1.29, 1.82) is 0 Å². The minimum absolute atomic E-state index is 0.0117. The second-order valence-corrected chi connectivity index (χ2v) is 18.3. The zero-order valence-electron chi connectivity index (χ0n) is 36.2. The van der Waals surface area contributed by atoms with Gasteiger partial charge in [-0.25, -0.2) is 19.2 Å². The molecule has 3 aromatic carbocycles. The van der Waals surface area contributed by atoms with E-state index in [1.807, 2.05) is 36.4 Å². The van der Waals surface area contributed by atoms with E-state index in [-0.39, 0.29) is 53.0 Å². The number of rotatable bonds is 22. The van der Waals surface area contributed by atoms with Gasteiger partial charge in [0, 0.05) is 64.3 Å². The molecule has 0 radical (unpaired) electrons. The molecule has 0 atom stereocenters. The smallest absolute Gasteiger partial charge is 0.333 e. The van der Waals surface area contributed by atoms with Gasteiger partial charge in [0.2, 0.25) is 5.12 Å². The standard InChI is InChI=1S/C20H24N2O6S2.C16H18O4S2.C10H9ClOS/c1-13(2)17(23)27-11-9-21-19(25)29-15-7-5-6-8-16(15)30-20(26)22-10-12-28-18(24)14(3)4;1-3-15(17)19-9-11-21-13-5-7-14(8-6-13)22-12-10-20-16(18)4-2;1-7(2)10(12)13-9-5-3-8(11)4-6-9/h5-8H,1,3,9-12H2,2,4H3,(H,21,25)(H,22,26);3-8H,1-2,9-12H2;3-6H,1H2,2H3. The first-order valence-corrected chi connectivity index (χ1v) is 24.0. The van der Waals surface area contributed by atoms with Gasteiger partial charge in [0.05, 0.1) is 13.1 Å². The van der Waals surface area contributed by atoms with E-state index < -0.39 is 23.9 Å². The average molecular weight is 1000 g/mol. The third kappa shape index (κ3) is 28.4. The van der Waals surface area contributed by atoms with Crippen LogP contribution >= 0.6 is 70.4 Å². The van der Waals surface area contributed by atoms with E-state index in [1.54, 1.807) is 66.8 Å². The van der Waals surface area contributed by atoms with Gasteiger partial charge >= 0.3 is 23.9 Å². The van der Waals surface area contributed by atoms with Gasteiger partial charge in [0.1, 0.15) is 26.4 Å². The van der Waals surface area contributed by atoms with Crippen LogP contribution in [0.15, 0.2) is 159 Å². The molecule has 13 nitrogen and oxygen atoms in total. The molecule has 0 aliphatic heterocycles. The number of benzene rings is 3. The van der Waals surface area contributed by atoms with Crippen LogP contribution in [-0.2, 0) is 42.9 Å². The SMILES string of the molecule is C=C(C)C(=O)OCCNC(=O)Sc1ccccc1SC(=O)NCCOC(=O)C(=C)C.C=C(C)C(=O)Sc1ccc(Cl)cc1.C=CC(=O)OCCSc1ccc(SCCOC(=O)C=C)cc1. The zero-order chi connectivity index (χ0) is 48.6. The molecule has 65 heavy (non-hydrogen) atoms. The quantitative estimate of drug-likeness (QED) is 0.0319. The zero-order valence-corrected chi connectivity index (χ0v) is 41.0. The number of hydrogen-bond acceptors (Lipinski definition) is 16. The molecule has 0 aliphatic rings. The van der Waals surface area contributed by atoms with Gasteiger partial charge < -0.3 is 29.6 Å². The summed E-state index contributed by atoms with van der Waals surface area (Å²) < 4.78 is 19.6. The summed E-state index contributed by atoms with van der Waals surface area (Å²) in [5.74, 6) is -0.431. The molecule has 0 heterocycles. The molecular weight excluding hydrogens is 952 g/mol. The van der Waals surface area contributed by atoms with E-state index in [9.17, 15) is 33.6 Å². The molecule has 0 aromatic heterocycles. The Bertz CT molecular complexity index is 2020. The molecule has 19 heteroatoms. The lowest BCUT2D eigenvalue weighted by molar-refractivity contribution is -0.139. The maximum atomic E-state index is 12.1. The maximum Gasteiger partial charge on any atom is 0.333 e. The van der Waals surface area contributed by atoms with E-state index in [2.05, 4.69) is 43.5 Å². The second-order valence-electron chi connectivity index (χ2n) is 12.4. The highest BCUT2D eigenvalue weighted by Crippen LogP contribution is 2.31. The van der Waals surface area contributed by atoms with Crippen molar-refractivity contribution >= 4 is 110 Å². The molecule has 0 aliphatic carbocycles. The van der Waals surface area contributed by atoms with Crippen LogP contribution in [-0.4, -0.2) is 90.5 Å². The first-order chi connectivity index (χ1) is 30.9. The molecule has 0 spiro atoms. The summed E-state index contributed by atoms with van der Waals surface area (Å²) in [4.78, 5) is 84.0. The van der Waals surface area contributed by atoms with Crippen LogP contribution < -0.4 is 10.6 Å². The Labute approximate surface area is 406 Å². The van der Waals surface area contributed by atoms with E-state index in [4.69, 9.17) is 30.5 Å². The number of nitrogens with one attached hydrogen (secondary N) is 2. The topological polar surface area (TPSA) is 180 Å². The minimum Gasteiger partial charge on any atom is -0.462 e. The first kappa shape index (κ1) is 57.9. The predicted octanol–water partition coefficient (Wildman–Crippen LogP) is 10.4. The summed E-state index contributed by atoms with van der Waals surface area (Å²) in [6, 6.07) is 22.1. The average Bonchev–Trinajstić information content (AvgIpc) is 3.28. The Balaban J connectivity index is 0.000000526. The Morgan fingerprint density at radius 3 is 1.28 bits per heavy atom. The monoisotopic (exact) mass is 1000 g/mol. The molecule has 2 amide bonds. The Morgan fingerprint density at radius 2 is 0.923 bits per heavy atom. The summed E-state index contributed by atoms with van der Waals surface area (Å²) in [6.45, 7) is 23.1. The highest BCUT2D eigenvalue weighted by molar-refractivity contribution is 8.16. The fraction of sp³-hybridized carbons (Fsp3) is 0.239. The van der Waals surface area contributed by atoms with E-state index in [0.29, 0.717) is 45.1 Å². The van der Waals surface area contributed by atoms with Crippen LogP contribution in [0, 0.1) is 0 Å². The summed E-state index contributed by atoms with van der Waals surface area (Å²) in [5.41, 5.74) is 1.13. The van der Waals surface area contributed by atoms with Crippen LogP contribution in [0.2, 0.25) is 5.02 Å². The second kappa shape index (κ2) is 34.3. The molecule has 0 unspecified atom stereocenters. The number of amides is 2. The number of carbonyl (C=O) groups is 7. The minimum atomic E-state index is -0.515. The van der Waals surface area contributed by atoms with Crippen LogP contribution in [0.5, 0.6) is 0 Å². The molecule has 348 valence electrons. The number of hydrogen-bond donors (Lipinski definition) is 2. The number of halogens is 1. The lowest BCUT2D eigenvalue weighted by atomic mass is 10.4. The van der Waals surface area contributed by atoms with Gasteiger partial charge in [-0.2, -0.15) is 0 Å². The lowest BCUT2D eigenvalue weighted by Crippen LogP contribution is -2.25. The Morgan fingerprint density at radius 1 is 0.538 bits per heavy atom. The van der Waals surface area contributed by atoms with Crippen molar-refractivity contribution in [2.45, 2.75) is 45.2 Å². The van der Waals surface area contributed by atoms with Crippen molar-refractivity contribution in [3.63, 3.8) is 0 Å². The van der Waals surface area contributed by atoms with Crippen molar-refractivity contribution in [2.24, 2.45) is 0 Å². The predicted molar refractivity (Wildman–Crippen MR) is 264 cm³/mol. The van der Waals surface area contributed by atoms with Crippen molar-refractivity contribution in [3.8, 4) is 0 Å². The highest BCUT2D eigenvalue weighted by atomic mass is 35.5.